The first-order valence-corrected chi connectivity index (χ1v) is 14.2. The van der Waals surface area contributed by atoms with Crippen molar-refractivity contribution < 1.29 is 0 Å². The van der Waals surface area contributed by atoms with Crippen LogP contribution in [0.5, 0.6) is 0 Å². The summed E-state index contributed by atoms with van der Waals surface area (Å²) in [4.78, 5) is 0. The predicted octanol–water partition coefficient (Wildman–Crippen LogP) is 11.2. The lowest BCUT2D eigenvalue weighted by Gasteiger charge is -2.17. The molecule has 0 aliphatic rings. The molecule has 2 heteroatoms. The number of allylic oxidation sites excluding steroid dienone is 8. The molecule has 1 N–H and O–H groups in total. The van der Waals surface area contributed by atoms with E-state index in [0.717, 1.165) is 23.5 Å². The highest BCUT2D eigenvalue weighted by Crippen LogP contribution is 2.24. The monoisotopic (exact) mass is 532 g/mol. The SMILES string of the molecule is C#C/C=C\C=C/CC(C)C.C=CC(C)C(C)/C(C)=C/C(=C)c1cccc(C#N)c1.C=CNC.CC.CC.CC. The van der Waals surface area contributed by atoms with E-state index in [1.165, 1.54) is 5.57 Å². The molecule has 0 fully saturated rings. The quantitative estimate of drug-likeness (QED) is 0.195. The zero-order valence-electron chi connectivity index (χ0n) is 27.4. The average Bonchev–Trinajstić information content (AvgIpc) is 2.99. The molecule has 0 aliphatic carbocycles. The van der Waals surface area contributed by atoms with E-state index in [1.54, 1.807) is 18.3 Å². The van der Waals surface area contributed by atoms with E-state index in [2.05, 4.69) is 83.8 Å². The number of benzene rings is 1. The van der Waals surface area contributed by atoms with E-state index in [-0.39, 0.29) is 0 Å². The smallest absolute Gasteiger partial charge is 0.0991 e. The topological polar surface area (TPSA) is 35.8 Å². The Hall–Kier alpha value is -3.49. The summed E-state index contributed by atoms with van der Waals surface area (Å²) in [6, 6.07) is 9.69. The van der Waals surface area contributed by atoms with E-state index in [0.29, 0.717) is 17.4 Å². The summed E-state index contributed by atoms with van der Waals surface area (Å²) in [6.45, 7) is 34.1. The Kier molecular flexibility index (Phi) is 42.7. The third-order valence-corrected chi connectivity index (χ3v) is 4.89. The fourth-order valence-corrected chi connectivity index (χ4v) is 2.44. The number of nitrogens with zero attached hydrogens (tertiary/aromatic N) is 1. The van der Waals surface area contributed by atoms with Gasteiger partial charge >= 0.3 is 0 Å². The summed E-state index contributed by atoms with van der Waals surface area (Å²) in [5, 5.41) is 11.6. The summed E-state index contributed by atoms with van der Waals surface area (Å²) in [7, 11) is 1.81. The van der Waals surface area contributed by atoms with Gasteiger partial charge in [-0.3, -0.25) is 0 Å². The fourth-order valence-electron chi connectivity index (χ4n) is 2.44. The third kappa shape index (κ3) is 30.6. The number of rotatable bonds is 9. The molecule has 2 unspecified atom stereocenters. The molecule has 0 heterocycles. The van der Waals surface area contributed by atoms with Crippen LogP contribution in [-0.4, -0.2) is 7.05 Å². The maximum Gasteiger partial charge on any atom is 0.0991 e. The zero-order valence-corrected chi connectivity index (χ0v) is 27.4. The Balaban J connectivity index is -0.000000162. The standard InChI is InChI=1S/C18H21N.C10H14.C3H7N.3C2H6/c1-6-13(2)16(5)14(3)10-15(4)18-9-7-8-17(11-18)12-19;1-4-5-6-7-8-9-10(2)3;1-3-4-2;3*1-2/h6-11,13,16H,1,4H2,2-3,5H3;1,5-8,10H,9H2,2-3H3;3-4H,1H2,2H3;3*1-2H3/b14-10+;6-5-,8-7-;;;;. The largest absolute Gasteiger partial charge is 0.394 e. The highest BCUT2D eigenvalue weighted by molar-refractivity contribution is 5.73. The molecular formula is C37H60N2. The molecule has 1 aromatic carbocycles. The van der Waals surface area contributed by atoms with Crippen molar-refractivity contribution in [3.63, 3.8) is 0 Å². The van der Waals surface area contributed by atoms with E-state index >= 15 is 0 Å². The first-order valence-electron chi connectivity index (χ1n) is 14.2. The van der Waals surface area contributed by atoms with Gasteiger partial charge in [0.1, 0.15) is 0 Å². The number of nitriles is 1. The van der Waals surface area contributed by atoms with Gasteiger partial charge in [0.25, 0.3) is 0 Å². The second-order valence-corrected chi connectivity index (χ2v) is 8.07. The Morgan fingerprint density at radius 1 is 1.03 bits per heavy atom. The Bertz CT molecular complexity index is 883. The van der Waals surface area contributed by atoms with Crippen molar-refractivity contribution in [2.45, 2.75) is 82.6 Å². The lowest BCUT2D eigenvalue weighted by atomic mass is 9.88. The third-order valence-electron chi connectivity index (χ3n) is 4.89. The van der Waals surface area contributed by atoms with E-state index in [4.69, 9.17) is 11.7 Å². The van der Waals surface area contributed by atoms with Crippen molar-refractivity contribution in [3.8, 4) is 18.4 Å². The van der Waals surface area contributed by atoms with E-state index in [1.807, 2.05) is 85.0 Å². The van der Waals surface area contributed by atoms with E-state index in [9.17, 15) is 0 Å². The molecule has 2 nitrogen and oxygen atoms in total. The van der Waals surface area contributed by atoms with Gasteiger partial charge < -0.3 is 5.32 Å². The van der Waals surface area contributed by atoms with Gasteiger partial charge in [-0.15, -0.1) is 13.0 Å². The molecule has 0 aliphatic heterocycles. The maximum atomic E-state index is 8.91. The molecule has 0 saturated heterocycles. The molecule has 0 bridgehead atoms. The molecule has 1 rings (SSSR count). The van der Waals surface area contributed by atoms with Crippen molar-refractivity contribution in [1.29, 1.82) is 5.26 Å². The van der Waals surface area contributed by atoms with Gasteiger partial charge in [0.05, 0.1) is 11.6 Å². The molecule has 2 atom stereocenters. The van der Waals surface area contributed by atoms with Crippen LogP contribution in [0.25, 0.3) is 5.57 Å². The van der Waals surface area contributed by atoms with Crippen molar-refractivity contribution >= 4 is 5.57 Å². The Labute approximate surface area is 245 Å². The molecule has 0 saturated carbocycles. The van der Waals surface area contributed by atoms with Crippen LogP contribution < -0.4 is 5.32 Å². The van der Waals surface area contributed by atoms with Gasteiger partial charge in [-0.05, 0) is 66.6 Å². The van der Waals surface area contributed by atoms with Crippen LogP contribution in [0, 0.1) is 41.4 Å². The molecule has 0 spiro atoms. The molecule has 0 amide bonds. The van der Waals surface area contributed by atoms with Crippen molar-refractivity contribution in [3.05, 3.63) is 103 Å². The number of hydrogen-bond donors (Lipinski definition) is 1. The fraction of sp³-hybridized carbons (Fsp3) is 0.432. The van der Waals surface area contributed by atoms with Gasteiger partial charge in [0.2, 0.25) is 0 Å². The number of terminal acetylenes is 1. The summed E-state index contributed by atoms with van der Waals surface area (Å²) < 4.78 is 0. The summed E-state index contributed by atoms with van der Waals surface area (Å²) in [6.07, 6.45) is 19.5. The lowest BCUT2D eigenvalue weighted by molar-refractivity contribution is 0.531. The number of hydrogen-bond acceptors (Lipinski definition) is 2. The average molecular weight is 533 g/mol. The summed E-state index contributed by atoms with van der Waals surface area (Å²) >= 11 is 0. The number of nitrogens with one attached hydrogen (secondary N) is 1. The first-order chi connectivity index (χ1) is 18.7. The minimum atomic E-state index is 0.438. The molecule has 1 aromatic rings. The lowest BCUT2D eigenvalue weighted by Crippen LogP contribution is -2.06. The van der Waals surface area contributed by atoms with Crippen LogP contribution in [0.1, 0.15) is 93.7 Å². The molecule has 0 radical (unpaired) electrons. The second-order valence-electron chi connectivity index (χ2n) is 8.07. The minimum absolute atomic E-state index is 0.438. The van der Waals surface area contributed by atoms with Crippen LogP contribution in [-0.2, 0) is 0 Å². The van der Waals surface area contributed by atoms with Crippen LogP contribution >= 0.6 is 0 Å². The summed E-state index contributed by atoms with van der Waals surface area (Å²) in [5.74, 6) is 4.03. The van der Waals surface area contributed by atoms with Gasteiger partial charge in [0, 0.05) is 7.05 Å². The Morgan fingerprint density at radius 2 is 1.56 bits per heavy atom. The second kappa shape index (κ2) is 36.7. The molecule has 218 valence electrons. The highest BCUT2D eigenvalue weighted by Gasteiger charge is 2.11. The predicted molar refractivity (Wildman–Crippen MR) is 182 cm³/mol. The normalized spacial score (nSPS) is 10.9. The van der Waals surface area contributed by atoms with Gasteiger partial charge in [-0.25, -0.2) is 0 Å². The van der Waals surface area contributed by atoms with Crippen molar-refractivity contribution in [2.24, 2.45) is 17.8 Å². The van der Waals surface area contributed by atoms with Crippen LogP contribution in [0.2, 0.25) is 0 Å². The first kappa shape index (κ1) is 45.4. The van der Waals surface area contributed by atoms with Gasteiger partial charge in [-0.2, -0.15) is 5.26 Å². The van der Waals surface area contributed by atoms with Gasteiger partial charge in [0.15, 0.2) is 0 Å². The van der Waals surface area contributed by atoms with Crippen LogP contribution in [0.3, 0.4) is 0 Å². The Morgan fingerprint density at radius 3 is 1.97 bits per heavy atom. The van der Waals surface area contributed by atoms with Gasteiger partial charge in [-0.1, -0.05) is 136 Å². The van der Waals surface area contributed by atoms with Crippen molar-refractivity contribution in [1.82, 2.24) is 5.32 Å². The van der Waals surface area contributed by atoms with Crippen molar-refractivity contribution in [2.75, 3.05) is 7.05 Å². The molecular weight excluding hydrogens is 472 g/mol. The molecule has 0 aromatic heterocycles. The highest BCUT2D eigenvalue weighted by atomic mass is 14.8. The van der Waals surface area contributed by atoms with E-state index < -0.39 is 0 Å². The zero-order chi connectivity index (χ0) is 31.6. The maximum absolute atomic E-state index is 8.91. The summed E-state index contributed by atoms with van der Waals surface area (Å²) in [5.41, 5.74) is 3.88. The van der Waals surface area contributed by atoms with Crippen LogP contribution in [0.15, 0.2) is 92.2 Å². The minimum Gasteiger partial charge on any atom is -0.394 e. The molecule has 39 heavy (non-hydrogen) atoms. The van der Waals surface area contributed by atoms with Crippen LogP contribution in [0.4, 0.5) is 0 Å².